The third-order valence-corrected chi connectivity index (χ3v) is 6.50. The second kappa shape index (κ2) is 7.18. The van der Waals surface area contributed by atoms with Gasteiger partial charge < -0.3 is 15.4 Å². The SMILES string of the molecule is Cc1ccc(C(=O)NCC2CNC2)cc1S(=O)(=O)N1CCOCC1. The highest BCUT2D eigenvalue weighted by atomic mass is 32.2. The number of rotatable bonds is 5. The van der Waals surface area contributed by atoms with Crippen LogP contribution in [0.15, 0.2) is 23.1 Å². The summed E-state index contributed by atoms with van der Waals surface area (Å²) in [4.78, 5) is 12.5. The van der Waals surface area contributed by atoms with E-state index in [0.717, 1.165) is 13.1 Å². The maximum Gasteiger partial charge on any atom is 0.251 e. The van der Waals surface area contributed by atoms with Gasteiger partial charge in [-0.1, -0.05) is 6.07 Å². The molecule has 8 heteroatoms. The number of amides is 1. The lowest BCUT2D eigenvalue weighted by Gasteiger charge is -2.27. The van der Waals surface area contributed by atoms with Crippen LogP contribution in [0.1, 0.15) is 15.9 Å². The Morgan fingerprint density at radius 1 is 1.33 bits per heavy atom. The number of carbonyl (C=O) groups is 1. The van der Waals surface area contributed by atoms with Crippen molar-refractivity contribution in [2.45, 2.75) is 11.8 Å². The average molecular weight is 353 g/mol. The average Bonchev–Trinajstić information content (AvgIpc) is 2.54. The summed E-state index contributed by atoms with van der Waals surface area (Å²) in [6, 6.07) is 4.84. The van der Waals surface area contributed by atoms with Gasteiger partial charge in [0.1, 0.15) is 0 Å². The van der Waals surface area contributed by atoms with Crippen LogP contribution in [-0.2, 0) is 14.8 Å². The lowest BCUT2D eigenvalue weighted by atomic mass is 10.0. The molecule has 0 radical (unpaired) electrons. The first-order chi connectivity index (χ1) is 11.5. The third-order valence-electron chi connectivity index (χ3n) is 4.46. The summed E-state index contributed by atoms with van der Waals surface area (Å²) in [5, 5.41) is 6.02. The van der Waals surface area contributed by atoms with Gasteiger partial charge >= 0.3 is 0 Å². The molecule has 2 heterocycles. The quantitative estimate of drug-likeness (QED) is 0.776. The molecule has 2 saturated heterocycles. The molecule has 0 bridgehead atoms. The Labute approximate surface area is 142 Å². The first-order valence-electron chi connectivity index (χ1n) is 8.16. The first-order valence-corrected chi connectivity index (χ1v) is 9.60. The van der Waals surface area contributed by atoms with Crippen LogP contribution in [0.25, 0.3) is 0 Å². The van der Waals surface area contributed by atoms with E-state index in [2.05, 4.69) is 10.6 Å². The summed E-state index contributed by atoms with van der Waals surface area (Å²) in [5.41, 5.74) is 1.01. The topological polar surface area (TPSA) is 87.7 Å². The van der Waals surface area contributed by atoms with E-state index < -0.39 is 10.0 Å². The van der Waals surface area contributed by atoms with Gasteiger partial charge in [-0.25, -0.2) is 8.42 Å². The summed E-state index contributed by atoms with van der Waals surface area (Å²) >= 11 is 0. The van der Waals surface area contributed by atoms with Crippen LogP contribution in [0.5, 0.6) is 0 Å². The molecule has 2 aliphatic rings. The number of ether oxygens (including phenoxy) is 1. The Morgan fingerprint density at radius 3 is 2.67 bits per heavy atom. The molecule has 132 valence electrons. The monoisotopic (exact) mass is 353 g/mol. The second-order valence-electron chi connectivity index (χ2n) is 6.23. The van der Waals surface area contributed by atoms with Gasteiger partial charge in [0.2, 0.25) is 10.0 Å². The van der Waals surface area contributed by atoms with Crippen molar-refractivity contribution in [3.8, 4) is 0 Å². The summed E-state index contributed by atoms with van der Waals surface area (Å²) in [6.07, 6.45) is 0. The molecule has 1 aromatic carbocycles. The fraction of sp³-hybridized carbons (Fsp3) is 0.562. The van der Waals surface area contributed by atoms with Crippen LogP contribution in [0.4, 0.5) is 0 Å². The van der Waals surface area contributed by atoms with Crippen molar-refractivity contribution in [2.24, 2.45) is 5.92 Å². The minimum absolute atomic E-state index is 0.197. The third kappa shape index (κ3) is 3.61. The van der Waals surface area contributed by atoms with E-state index in [-0.39, 0.29) is 10.8 Å². The lowest BCUT2D eigenvalue weighted by Crippen LogP contribution is -2.48. The van der Waals surface area contributed by atoms with Gasteiger partial charge in [-0.3, -0.25) is 4.79 Å². The predicted molar refractivity (Wildman–Crippen MR) is 89.4 cm³/mol. The Kier molecular flexibility index (Phi) is 5.19. The highest BCUT2D eigenvalue weighted by Crippen LogP contribution is 2.22. The molecule has 2 N–H and O–H groups in total. The summed E-state index contributed by atoms with van der Waals surface area (Å²) in [5.74, 6) is 0.219. The van der Waals surface area contributed by atoms with Gasteiger partial charge in [-0.15, -0.1) is 0 Å². The van der Waals surface area contributed by atoms with Gasteiger partial charge in [-0.2, -0.15) is 4.31 Å². The fourth-order valence-corrected chi connectivity index (χ4v) is 4.44. The number of benzene rings is 1. The van der Waals surface area contributed by atoms with Crippen molar-refractivity contribution in [3.05, 3.63) is 29.3 Å². The van der Waals surface area contributed by atoms with Crippen molar-refractivity contribution in [1.82, 2.24) is 14.9 Å². The van der Waals surface area contributed by atoms with E-state index in [1.54, 1.807) is 19.1 Å². The zero-order valence-electron chi connectivity index (χ0n) is 13.7. The Bertz CT molecular complexity index is 710. The number of sulfonamides is 1. The Balaban J connectivity index is 1.78. The molecule has 0 unspecified atom stereocenters. The number of nitrogens with one attached hydrogen (secondary N) is 2. The Morgan fingerprint density at radius 2 is 2.04 bits per heavy atom. The molecule has 3 rings (SSSR count). The molecule has 1 aromatic rings. The highest BCUT2D eigenvalue weighted by molar-refractivity contribution is 7.89. The lowest BCUT2D eigenvalue weighted by molar-refractivity contribution is 0.0730. The number of carbonyl (C=O) groups excluding carboxylic acids is 1. The summed E-state index contributed by atoms with van der Waals surface area (Å²) in [7, 11) is -3.61. The van der Waals surface area contributed by atoms with Crippen molar-refractivity contribution in [3.63, 3.8) is 0 Å². The predicted octanol–water partition coefficient (Wildman–Crippen LogP) is -0.0349. The maximum absolute atomic E-state index is 12.8. The zero-order valence-corrected chi connectivity index (χ0v) is 14.6. The molecule has 0 spiro atoms. The molecule has 0 aromatic heterocycles. The first kappa shape index (κ1) is 17.3. The molecule has 2 aliphatic heterocycles. The fourth-order valence-electron chi connectivity index (χ4n) is 2.78. The molecule has 2 fully saturated rings. The molecule has 1 amide bonds. The van der Waals surface area contributed by atoms with Crippen molar-refractivity contribution < 1.29 is 17.9 Å². The molecular weight excluding hydrogens is 330 g/mol. The number of morpholine rings is 1. The standard InChI is InChI=1S/C16H23N3O4S/c1-12-2-3-14(16(20)18-11-13-9-17-10-13)8-15(12)24(21,22)19-4-6-23-7-5-19/h2-3,8,13,17H,4-7,9-11H2,1H3,(H,18,20). The zero-order chi connectivity index (χ0) is 17.2. The van der Waals surface area contributed by atoms with E-state index in [0.29, 0.717) is 49.9 Å². The normalized spacial score (nSPS) is 19.7. The summed E-state index contributed by atoms with van der Waals surface area (Å²) in [6.45, 7) is 5.64. The van der Waals surface area contributed by atoms with Crippen molar-refractivity contribution in [1.29, 1.82) is 0 Å². The maximum atomic E-state index is 12.8. The van der Waals surface area contributed by atoms with Gasteiger partial charge in [0, 0.05) is 44.2 Å². The van der Waals surface area contributed by atoms with Gasteiger partial charge in [0.25, 0.3) is 5.91 Å². The smallest absolute Gasteiger partial charge is 0.251 e. The van der Waals surface area contributed by atoms with Crippen LogP contribution < -0.4 is 10.6 Å². The molecule has 0 aliphatic carbocycles. The number of nitrogens with zero attached hydrogens (tertiary/aromatic N) is 1. The second-order valence-corrected chi connectivity index (χ2v) is 8.14. The van der Waals surface area contributed by atoms with E-state index >= 15 is 0 Å². The van der Waals surface area contributed by atoms with E-state index in [4.69, 9.17) is 4.74 Å². The molecule has 0 saturated carbocycles. The van der Waals surface area contributed by atoms with Crippen LogP contribution in [0.2, 0.25) is 0 Å². The minimum atomic E-state index is -3.61. The molecule has 7 nitrogen and oxygen atoms in total. The number of aryl methyl sites for hydroxylation is 1. The molecule has 24 heavy (non-hydrogen) atoms. The highest BCUT2D eigenvalue weighted by Gasteiger charge is 2.28. The van der Waals surface area contributed by atoms with Crippen LogP contribution >= 0.6 is 0 Å². The number of hydrogen-bond donors (Lipinski definition) is 2. The van der Waals surface area contributed by atoms with Gasteiger partial charge in [0.15, 0.2) is 0 Å². The van der Waals surface area contributed by atoms with E-state index in [1.165, 1.54) is 10.4 Å². The van der Waals surface area contributed by atoms with Crippen molar-refractivity contribution in [2.75, 3.05) is 45.9 Å². The van der Waals surface area contributed by atoms with Crippen molar-refractivity contribution >= 4 is 15.9 Å². The van der Waals surface area contributed by atoms with Gasteiger partial charge in [-0.05, 0) is 24.6 Å². The largest absolute Gasteiger partial charge is 0.379 e. The Hall–Kier alpha value is -1.48. The van der Waals surface area contributed by atoms with Gasteiger partial charge in [0.05, 0.1) is 18.1 Å². The van der Waals surface area contributed by atoms with Crippen LogP contribution in [0.3, 0.4) is 0 Å². The molecule has 0 atom stereocenters. The van der Waals surface area contributed by atoms with Crippen LogP contribution in [0, 0.1) is 12.8 Å². The van der Waals surface area contributed by atoms with E-state index in [9.17, 15) is 13.2 Å². The minimum Gasteiger partial charge on any atom is -0.379 e. The number of hydrogen-bond acceptors (Lipinski definition) is 5. The van der Waals surface area contributed by atoms with E-state index in [1.807, 2.05) is 0 Å². The summed E-state index contributed by atoms with van der Waals surface area (Å²) < 4.78 is 32.3. The molecular formula is C16H23N3O4S. The van der Waals surface area contributed by atoms with Crippen LogP contribution in [-0.4, -0.2) is 64.6 Å².